The van der Waals surface area contributed by atoms with E-state index in [2.05, 4.69) is 22.8 Å². The fourth-order valence-corrected chi connectivity index (χ4v) is 5.39. The van der Waals surface area contributed by atoms with E-state index in [0.717, 1.165) is 44.1 Å². The summed E-state index contributed by atoms with van der Waals surface area (Å²) in [5, 5.41) is 14.6. The third-order valence-corrected chi connectivity index (χ3v) is 6.75. The van der Waals surface area contributed by atoms with E-state index in [1.807, 2.05) is 26.1 Å². The Morgan fingerprint density at radius 2 is 2.15 bits per heavy atom. The molecule has 1 N–H and O–H groups in total. The molecule has 0 bridgehead atoms. The molecule has 1 unspecified atom stereocenters. The van der Waals surface area contributed by atoms with Gasteiger partial charge in [0.1, 0.15) is 5.82 Å². The summed E-state index contributed by atoms with van der Waals surface area (Å²) in [6.45, 7) is 9.79. The molecule has 8 heteroatoms. The molecule has 3 heterocycles. The molecule has 33 heavy (non-hydrogen) atoms. The van der Waals surface area contributed by atoms with E-state index in [9.17, 15) is 14.3 Å². The van der Waals surface area contributed by atoms with Crippen molar-refractivity contribution < 1.29 is 14.3 Å². The molecule has 0 spiro atoms. The maximum atomic E-state index is 14.6. The van der Waals surface area contributed by atoms with E-state index in [4.69, 9.17) is 11.6 Å². The van der Waals surface area contributed by atoms with Crippen molar-refractivity contribution in [3.63, 3.8) is 0 Å². The van der Waals surface area contributed by atoms with Gasteiger partial charge in [-0.3, -0.25) is 9.48 Å². The molecule has 0 radical (unpaired) electrons. The molecule has 0 saturated carbocycles. The first-order valence-corrected chi connectivity index (χ1v) is 11.9. The Hall–Kier alpha value is -2.77. The average molecular weight is 488 g/mol. The summed E-state index contributed by atoms with van der Waals surface area (Å²) in [4.78, 5) is 13.5. The molecule has 3 aromatic rings. The van der Waals surface area contributed by atoms with Crippen LogP contribution in [0, 0.1) is 5.82 Å². The van der Waals surface area contributed by atoms with Gasteiger partial charge in [0, 0.05) is 53.1 Å². The minimum Gasteiger partial charge on any atom is -0.481 e. The highest BCUT2D eigenvalue weighted by atomic mass is 35.5. The van der Waals surface area contributed by atoms with E-state index >= 15 is 0 Å². The summed E-state index contributed by atoms with van der Waals surface area (Å²) >= 11 is 6.66. The zero-order valence-corrected chi connectivity index (χ0v) is 20.3. The highest BCUT2D eigenvalue weighted by Crippen LogP contribution is 2.49. The molecule has 2 aromatic heterocycles. The Morgan fingerprint density at radius 3 is 2.73 bits per heavy atom. The van der Waals surface area contributed by atoms with Crippen molar-refractivity contribution in [2.45, 2.75) is 37.1 Å². The van der Waals surface area contributed by atoms with Gasteiger partial charge in [-0.15, -0.1) is 18.2 Å². The van der Waals surface area contributed by atoms with Crippen LogP contribution in [0.15, 0.2) is 65.6 Å². The van der Waals surface area contributed by atoms with E-state index in [-0.39, 0.29) is 18.2 Å². The van der Waals surface area contributed by atoms with Gasteiger partial charge in [-0.1, -0.05) is 36.6 Å². The first-order chi connectivity index (χ1) is 15.8. The molecule has 1 aromatic carbocycles. The predicted octanol–water partition coefficient (Wildman–Crippen LogP) is 6.74. The number of rotatable bonds is 7. The molecule has 174 valence electrons. The maximum Gasteiger partial charge on any atom is 0.304 e. The fourth-order valence-electron chi connectivity index (χ4n) is 4.21. The number of aromatic nitrogens is 3. The molecule has 0 saturated heterocycles. The van der Waals surface area contributed by atoms with Crippen LogP contribution < -0.4 is 0 Å². The second-order valence-electron chi connectivity index (χ2n) is 7.70. The number of carboxylic acids is 1. The Kier molecular flexibility index (Phi) is 8.21. The number of alkyl halides is 1. The lowest BCUT2D eigenvalue weighted by atomic mass is 9.99. The van der Waals surface area contributed by atoms with Crippen LogP contribution in [0.1, 0.15) is 31.4 Å². The number of aryl methyl sites for hydroxylation is 2. The van der Waals surface area contributed by atoms with Gasteiger partial charge in [0.05, 0.1) is 17.6 Å². The van der Waals surface area contributed by atoms with Gasteiger partial charge in [-0.25, -0.2) is 4.39 Å². The molecule has 5 nitrogen and oxygen atoms in total. The second-order valence-corrected chi connectivity index (χ2v) is 9.26. The third kappa shape index (κ3) is 5.25. The lowest BCUT2D eigenvalue weighted by Crippen LogP contribution is -2.04. The van der Waals surface area contributed by atoms with Gasteiger partial charge in [0.25, 0.3) is 0 Å². The molecule has 0 amide bonds. The van der Waals surface area contributed by atoms with Crippen LogP contribution in [0.4, 0.5) is 4.39 Å². The first-order valence-electron chi connectivity index (χ1n) is 10.5. The molecule has 1 aliphatic heterocycles. The van der Waals surface area contributed by atoms with Gasteiger partial charge >= 0.3 is 5.97 Å². The van der Waals surface area contributed by atoms with E-state index in [0.29, 0.717) is 12.4 Å². The fraction of sp³-hybridized carbons (Fsp3) is 0.280. The molecular weight excluding hydrogens is 461 g/mol. The van der Waals surface area contributed by atoms with E-state index in [1.54, 1.807) is 40.9 Å². The highest BCUT2D eigenvalue weighted by molar-refractivity contribution is 8.03. The summed E-state index contributed by atoms with van der Waals surface area (Å²) in [5.41, 5.74) is 3.38. The van der Waals surface area contributed by atoms with Crippen molar-refractivity contribution in [2.75, 3.05) is 5.88 Å². The number of benzene rings is 1. The van der Waals surface area contributed by atoms with Crippen LogP contribution in [0.5, 0.6) is 0 Å². The Bertz CT molecular complexity index is 1230. The number of halogens is 2. The van der Waals surface area contributed by atoms with Crippen molar-refractivity contribution in [2.24, 2.45) is 7.05 Å². The number of nitrogens with zero attached hydrogens (tertiary/aromatic N) is 3. The third-order valence-electron chi connectivity index (χ3n) is 5.45. The summed E-state index contributed by atoms with van der Waals surface area (Å²) in [7, 11) is 1.83. The van der Waals surface area contributed by atoms with Gasteiger partial charge in [-0.2, -0.15) is 5.10 Å². The number of hydrogen-bond acceptors (Lipinski definition) is 3. The normalized spacial score (nSPS) is 15.2. The van der Waals surface area contributed by atoms with Crippen LogP contribution in [0.2, 0.25) is 0 Å². The molecular formula is C25H27ClFN3O2S. The number of hydrogen-bond donors (Lipinski definition) is 1. The number of carboxylic acid groups (broad SMARTS) is 1. The van der Waals surface area contributed by atoms with Crippen molar-refractivity contribution in [3.8, 4) is 11.3 Å². The standard InChI is InChI=1S/C22H22FN3O2S.C3H5Cl/c1-4-5-13(2)29-22-20-16(17-6-8-24-25(17)3)11-15(23)12-18(20)26-9-7-14(21(22)26)10-19(27)28;1-2-3-4/h4-6,8,11-12,14H,1,7,9-10H2,2-3H3,(H,27,28);2H,1,3H2/b13-5+;. The highest BCUT2D eigenvalue weighted by Gasteiger charge is 2.33. The number of carbonyl (C=O) groups is 1. The number of allylic oxidation sites excluding steroid dienone is 4. The Balaban J connectivity index is 0.000000709. The van der Waals surface area contributed by atoms with Crippen LogP contribution in [-0.2, 0) is 18.4 Å². The largest absolute Gasteiger partial charge is 0.481 e. The Labute approximate surface area is 202 Å². The molecule has 1 aliphatic rings. The maximum absolute atomic E-state index is 14.6. The van der Waals surface area contributed by atoms with Crippen LogP contribution in [-0.4, -0.2) is 31.3 Å². The number of thioether (sulfide) groups is 1. The smallest absolute Gasteiger partial charge is 0.304 e. The van der Waals surface area contributed by atoms with Crippen LogP contribution in [0.25, 0.3) is 22.2 Å². The van der Waals surface area contributed by atoms with Crippen molar-refractivity contribution in [1.82, 2.24) is 14.3 Å². The Morgan fingerprint density at radius 1 is 1.42 bits per heavy atom. The molecule has 0 aliphatic carbocycles. The topological polar surface area (TPSA) is 60.0 Å². The van der Waals surface area contributed by atoms with Crippen LogP contribution >= 0.6 is 23.4 Å². The average Bonchev–Trinajstić information content (AvgIpc) is 3.44. The number of fused-ring (bicyclic) bond motifs is 3. The van der Waals surface area contributed by atoms with Crippen LogP contribution in [0.3, 0.4) is 0 Å². The lowest BCUT2D eigenvalue weighted by Gasteiger charge is -2.12. The quantitative estimate of drug-likeness (QED) is 0.173. The first kappa shape index (κ1) is 24.9. The minimum atomic E-state index is -0.818. The predicted molar refractivity (Wildman–Crippen MR) is 134 cm³/mol. The summed E-state index contributed by atoms with van der Waals surface area (Å²) in [6, 6.07) is 4.96. The molecule has 0 fully saturated rings. The van der Waals surface area contributed by atoms with Crippen molar-refractivity contribution >= 4 is 40.2 Å². The van der Waals surface area contributed by atoms with Gasteiger partial charge in [0.15, 0.2) is 0 Å². The van der Waals surface area contributed by atoms with E-state index in [1.165, 1.54) is 6.07 Å². The van der Waals surface area contributed by atoms with Gasteiger partial charge < -0.3 is 9.67 Å². The van der Waals surface area contributed by atoms with E-state index < -0.39 is 5.97 Å². The summed E-state index contributed by atoms with van der Waals surface area (Å²) in [5.74, 6) is -0.673. The second kappa shape index (κ2) is 10.9. The molecule has 4 rings (SSSR count). The van der Waals surface area contributed by atoms with Gasteiger partial charge in [-0.05, 0) is 36.4 Å². The monoisotopic (exact) mass is 487 g/mol. The number of aliphatic carboxylic acids is 1. The molecule has 1 atom stereocenters. The van der Waals surface area contributed by atoms with Crippen molar-refractivity contribution in [1.29, 1.82) is 0 Å². The van der Waals surface area contributed by atoms with Crippen molar-refractivity contribution in [3.05, 3.63) is 72.2 Å². The minimum absolute atomic E-state index is 0.0671. The zero-order chi connectivity index (χ0) is 24.1. The summed E-state index contributed by atoms with van der Waals surface area (Å²) < 4.78 is 18.4. The zero-order valence-electron chi connectivity index (χ0n) is 18.7. The van der Waals surface area contributed by atoms with Gasteiger partial charge in [0.2, 0.25) is 0 Å². The summed E-state index contributed by atoms with van der Waals surface area (Å²) in [6.07, 6.45) is 7.80. The lowest BCUT2D eigenvalue weighted by molar-refractivity contribution is -0.137. The SMILES string of the molecule is C=C/C=C(\C)Sc1c2n(c3cc(F)cc(-c4ccnn4C)c13)CCC2CC(=O)O.C=CCCl.